The number of aryl methyl sites for hydroxylation is 1. The van der Waals surface area contributed by atoms with Crippen molar-refractivity contribution in [2.45, 2.75) is 31.3 Å². The Hall–Kier alpha value is -1.71. The van der Waals surface area contributed by atoms with Gasteiger partial charge >= 0.3 is 0 Å². The number of nitrogens with one attached hydrogen (secondary N) is 1. The first-order valence-electron chi connectivity index (χ1n) is 7.24. The molecule has 0 fully saturated rings. The summed E-state index contributed by atoms with van der Waals surface area (Å²) in [5.74, 6) is 0. The second kappa shape index (κ2) is 6.16. The van der Waals surface area contributed by atoms with Crippen LogP contribution in [0.2, 0.25) is 0 Å². The normalized spacial score (nSPS) is 19.4. The van der Waals surface area contributed by atoms with E-state index in [1.54, 1.807) is 0 Å². The van der Waals surface area contributed by atoms with E-state index in [9.17, 15) is 5.11 Å². The molecule has 1 aliphatic carbocycles. The van der Waals surface area contributed by atoms with E-state index in [1.807, 2.05) is 30.5 Å². The van der Waals surface area contributed by atoms with Crippen LogP contribution in [0.5, 0.6) is 0 Å². The van der Waals surface area contributed by atoms with E-state index >= 15 is 0 Å². The highest BCUT2D eigenvalue weighted by Crippen LogP contribution is 2.30. The van der Waals surface area contributed by atoms with Gasteiger partial charge in [-0.25, -0.2) is 0 Å². The van der Waals surface area contributed by atoms with E-state index in [-0.39, 0.29) is 18.7 Å². The molecule has 1 heterocycles. The summed E-state index contributed by atoms with van der Waals surface area (Å²) in [7, 11) is 0. The molecule has 3 heteroatoms. The fourth-order valence-corrected chi connectivity index (χ4v) is 2.95. The van der Waals surface area contributed by atoms with Gasteiger partial charge in [-0.1, -0.05) is 36.4 Å². The van der Waals surface area contributed by atoms with Crippen molar-refractivity contribution in [3.63, 3.8) is 0 Å². The molecule has 2 aromatic rings. The molecule has 1 aromatic heterocycles. The number of fused-ring (bicyclic) bond motifs is 1. The lowest BCUT2D eigenvalue weighted by molar-refractivity contribution is 0.227. The SMILES string of the molecule is OC[C@H](NC1CCCc2cccnc21)c1ccccc1. The lowest BCUT2D eigenvalue weighted by Gasteiger charge is -2.29. The number of hydrogen-bond acceptors (Lipinski definition) is 3. The van der Waals surface area contributed by atoms with E-state index in [0.717, 1.165) is 24.1 Å². The van der Waals surface area contributed by atoms with Crippen LogP contribution in [0.1, 0.15) is 41.7 Å². The summed E-state index contributed by atoms with van der Waals surface area (Å²) >= 11 is 0. The van der Waals surface area contributed by atoms with Crippen LogP contribution in [-0.2, 0) is 6.42 Å². The molecule has 0 bridgehead atoms. The molecule has 2 atom stereocenters. The molecule has 3 rings (SSSR count). The topological polar surface area (TPSA) is 45.1 Å². The highest BCUT2D eigenvalue weighted by atomic mass is 16.3. The predicted octanol–water partition coefficient (Wildman–Crippen LogP) is 2.78. The molecule has 0 amide bonds. The van der Waals surface area contributed by atoms with Crippen molar-refractivity contribution in [1.82, 2.24) is 10.3 Å². The molecule has 2 N–H and O–H groups in total. The molecule has 104 valence electrons. The fraction of sp³-hybridized carbons (Fsp3) is 0.353. The minimum atomic E-state index is -0.0332. The smallest absolute Gasteiger partial charge is 0.0626 e. The zero-order valence-corrected chi connectivity index (χ0v) is 11.5. The minimum Gasteiger partial charge on any atom is -0.394 e. The maximum absolute atomic E-state index is 9.68. The summed E-state index contributed by atoms with van der Waals surface area (Å²) in [4.78, 5) is 4.54. The van der Waals surface area contributed by atoms with Gasteiger partial charge in [-0.15, -0.1) is 0 Å². The van der Waals surface area contributed by atoms with Gasteiger partial charge in [0.15, 0.2) is 0 Å². The van der Waals surface area contributed by atoms with Crippen LogP contribution in [-0.4, -0.2) is 16.7 Å². The number of nitrogens with zero attached hydrogens (tertiary/aromatic N) is 1. The first-order valence-corrected chi connectivity index (χ1v) is 7.24. The van der Waals surface area contributed by atoms with Crippen molar-refractivity contribution < 1.29 is 5.11 Å². The molecule has 0 aliphatic heterocycles. The minimum absolute atomic E-state index is 0.0332. The lowest BCUT2D eigenvalue weighted by atomic mass is 9.91. The van der Waals surface area contributed by atoms with E-state index in [2.05, 4.69) is 28.5 Å². The number of benzene rings is 1. The average Bonchev–Trinajstić information content (AvgIpc) is 2.53. The Morgan fingerprint density at radius 2 is 2.05 bits per heavy atom. The molecule has 0 spiro atoms. The average molecular weight is 268 g/mol. The predicted molar refractivity (Wildman–Crippen MR) is 79.3 cm³/mol. The van der Waals surface area contributed by atoms with E-state index < -0.39 is 0 Å². The van der Waals surface area contributed by atoms with Crippen molar-refractivity contribution in [2.24, 2.45) is 0 Å². The zero-order chi connectivity index (χ0) is 13.8. The van der Waals surface area contributed by atoms with Crippen LogP contribution < -0.4 is 5.32 Å². The van der Waals surface area contributed by atoms with E-state index in [0.29, 0.717) is 0 Å². The molecule has 0 saturated carbocycles. The zero-order valence-electron chi connectivity index (χ0n) is 11.5. The summed E-state index contributed by atoms with van der Waals surface area (Å²) in [5, 5.41) is 13.2. The highest BCUT2D eigenvalue weighted by Gasteiger charge is 2.24. The van der Waals surface area contributed by atoms with Gasteiger partial charge in [-0.3, -0.25) is 10.3 Å². The molecule has 1 aliphatic rings. The summed E-state index contributed by atoms with van der Waals surface area (Å²) in [5.41, 5.74) is 3.60. The van der Waals surface area contributed by atoms with Crippen molar-refractivity contribution >= 4 is 0 Å². The van der Waals surface area contributed by atoms with Crippen molar-refractivity contribution in [3.8, 4) is 0 Å². The first-order chi connectivity index (χ1) is 9.88. The lowest BCUT2D eigenvalue weighted by Crippen LogP contribution is -2.31. The Labute approximate surface area is 119 Å². The van der Waals surface area contributed by atoms with Crippen molar-refractivity contribution in [3.05, 3.63) is 65.5 Å². The van der Waals surface area contributed by atoms with Gasteiger partial charge in [-0.2, -0.15) is 0 Å². The Kier molecular flexibility index (Phi) is 4.09. The third-order valence-electron chi connectivity index (χ3n) is 3.98. The number of aliphatic hydroxyl groups excluding tert-OH is 1. The second-order valence-corrected chi connectivity index (χ2v) is 5.31. The second-order valence-electron chi connectivity index (χ2n) is 5.31. The van der Waals surface area contributed by atoms with Gasteiger partial charge < -0.3 is 5.11 Å². The van der Waals surface area contributed by atoms with Gasteiger partial charge in [0.05, 0.1) is 24.4 Å². The first kappa shape index (κ1) is 13.3. The molecule has 20 heavy (non-hydrogen) atoms. The summed E-state index contributed by atoms with van der Waals surface area (Å²) in [6.07, 6.45) is 5.21. The van der Waals surface area contributed by atoms with Crippen molar-refractivity contribution in [2.75, 3.05) is 6.61 Å². The molecule has 3 nitrogen and oxygen atoms in total. The van der Waals surface area contributed by atoms with Crippen LogP contribution in [0.4, 0.5) is 0 Å². The quantitative estimate of drug-likeness (QED) is 0.896. The van der Waals surface area contributed by atoms with Crippen LogP contribution in [0.25, 0.3) is 0 Å². The fourth-order valence-electron chi connectivity index (χ4n) is 2.95. The Bertz CT molecular complexity index is 556. The molecular formula is C17H20N2O. The van der Waals surface area contributed by atoms with Crippen LogP contribution in [0.15, 0.2) is 48.7 Å². The monoisotopic (exact) mass is 268 g/mol. The largest absolute Gasteiger partial charge is 0.394 e. The summed E-state index contributed by atoms with van der Waals surface area (Å²) in [6.45, 7) is 0.0999. The maximum atomic E-state index is 9.68. The molecule has 0 saturated heterocycles. The molecule has 0 radical (unpaired) electrons. The maximum Gasteiger partial charge on any atom is 0.0626 e. The number of pyridine rings is 1. The third kappa shape index (κ3) is 2.74. The molecular weight excluding hydrogens is 248 g/mol. The third-order valence-corrected chi connectivity index (χ3v) is 3.98. The number of aliphatic hydroxyl groups is 1. The van der Waals surface area contributed by atoms with Gasteiger partial charge in [0.2, 0.25) is 0 Å². The van der Waals surface area contributed by atoms with E-state index in [4.69, 9.17) is 0 Å². The Morgan fingerprint density at radius 3 is 2.85 bits per heavy atom. The molecule has 1 aromatic carbocycles. The van der Waals surface area contributed by atoms with Crippen LogP contribution in [0, 0.1) is 0 Å². The highest BCUT2D eigenvalue weighted by molar-refractivity contribution is 5.26. The van der Waals surface area contributed by atoms with Crippen LogP contribution >= 0.6 is 0 Å². The Morgan fingerprint density at radius 1 is 1.20 bits per heavy atom. The summed E-state index contributed by atoms with van der Waals surface area (Å²) in [6, 6.07) is 14.5. The van der Waals surface area contributed by atoms with Gasteiger partial charge in [0.1, 0.15) is 0 Å². The standard InChI is InChI=1S/C17H20N2O/c20-12-16(13-6-2-1-3-7-13)19-15-10-4-8-14-9-5-11-18-17(14)15/h1-3,5-7,9,11,15-16,19-20H,4,8,10,12H2/t15?,16-/m0/s1. The van der Waals surface area contributed by atoms with Gasteiger partial charge in [0, 0.05) is 6.20 Å². The van der Waals surface area contributed by atoms with Crippen LogP contribution in [0.3, 0.4) is 0 Å². The van der Waals surface area contributed by atoms with E-state index in [1.165, 1.54) is 12.0 Å². The number of rotatable bonds is 4. The van der Waals surface area contributed by atoms with Crippen molar-refractivity contribution in [1.29, 1.82) is 0 Å². The molecule has 1 unspecified atom stereocenters. The van der Waals surface area contributed by atoms with Gasteiger partial charge in [-0.05, 0) is 36.5 Å². The Balaban J connectivity index is 1.81. The number of aromatic nitrogens is 1. The number of hydrogen-bond donors (Lipinski definition) is 2. The summed E-state index contributed by atoms with van der Waals surface area (Å²) < 4.78 is 0. The van der Waals surface area contributed by atoms with Gasteiger partial charge in [0.25, 0.3) is 0 Å².